The van der Waals surface area contributed by atoms with Crippen molar-refractivity contribution in [1.82, 2.24) is 0 Å². The number of rotatable bonds is 4. The van der Waals surface area contributed by atoms with Crippen LogP contribution in [-0.2, 0) is 6.42 Å². The molecule has 0 aromatic heterocycles. The van der Waals surface area contributed by atoms with Crippen LogP contribution in [0.4, 0.5) is 11.4 Å². The highest BCUT2D eigenvalue weighted by Gasteiger charge is 2.10. The van der Waals surface area contributed by atoms with Crippen LogP contribution in [0, 0.1) is 6.92 Å². The molecule has 0 atom stereocenters. The van der Waals surface area contributed by atoms with E-state index in [1.807, 2.05) is 25.1 Å². The lowest BCUT2D eigenvalue weighted by Gasteiger charge is -2.13. The molecule has 2 aromatic rings. The molecule has 104 valence electrons. The molecule has 4 N–H and O–H groups in total. The standard InChI is InChI=1S/C16H19N3O/c1-3-12-6-4-5-11(2)15(12)18-16(20)13-7-9-14(19-17)10-8-13/h4-10,19H,3,17H2,1-2H3,(H,18,20). The summed E-state index contributed by atoms with van der Waals surface area (Å²) in [5, 5.41) is 2.99. The van der Waals surface area contributed by atoms with E-state index in [0.717, 1.165) is 28.9 Å². The molecule has 0 saturated heterocycles. The summed E-state index contributed by atoms with van der Waals surface area (Å²) in [5.74, 6) is 5.19. The van der Waals surface area contributed by atoms with Gasteiger partial charge in [0.2, 0.25) is 0 Å². The van der Waals surface area contributed by atoms with Crippen LogP contribution in [0.5, 0.6) is 0 Å². The van der Waals surface area contributed by atoms with Gasteiger partial charge in [0.05, 0.1) is 0 Å². The van der Waals surface area contributed by atoms with Crippen molar-refractivity contribution in [1.29, 1.82) is 0 Å². The Morgan fingerprint density at radius 2 is 1.85 bits per heavy atom. The van der Waals surface area contributed by atoms with Crippen molar-refractivity contribution in [3.63, 3.8) is 0 Å². The van der Waals surface area contributed by atoms with Crippen LogP contribution < -0.4 is 16.6 Å². The third-order valence-electron chi connectivity index (χ3n) is 3.29. The van der Waals surface area contributed by atoms with Gasteiger partial charge in [-0.1, -0.05) is 25.1 Å². The fourth-order valence-corrected chi connectivity index (χ4v) is 2.11. The van der Waals surface area contributed by atoms with Crippen molar-refractivity contribution in [2.45, 2.75) is 20.3 Å². The zero-order valence-electron chi connectivity index (χ0n) is 11.7. The van der Waals surface area contributed by atoms with Crippen LogP contribution in [0.3, 0.4) is 0 Å². The van der Waals surface area contributed by atoms with Crippen LogP contribution in [0.1, 0.15) is 28.4 Å². The minimum absolute atomic E-state index is 0.113. The molecular weight excluding hydrogens is 250 g/mol. The van der Waals surface area contributed by atoms with Gasteiger partial charge in [0.25, 0.3) is 5.91 Å². The second-order valence-electron chi connectivity index (χ2n) is 4.64. The van der Waals surface area contributed by atoms with Crippen LogP contribution in [0.2, 0.25) is 0 Å². The fraction of sp³-hybridized carbons (Fsp3) is 0.188. The maximum Gasteiger partial charge on any atom is 0.255 e. The van der Waals surface area contributed by atoms with E-state index in [-0.39, 0.29) is 5.91 Å². The van der Waals surface area contributed by atoms with E-state index in [1.165, 1.54) is 0 Å². The normalized spacial score (nSPS) is 10.2. The summed E-state index contributed by atoms with van der Waals surface area (Å²) >= 11 is 0. The molecule has 2 aromatic carbocycles. The highest BCUT2D eigenvalue weighted by Crippen LogP contribution is 2.22. The number of nitrogens with two attached hydrogens (primary N) is 1. The van der Waals surface area contributed by atoms with Crippen LogP contribution >= 0.6 is 0 Å². The van der Waals surface area contributed by atoms with Gasteiger partial charge in [0.1, 0.15) is 0 Å². The summed E-state index contributed by atoms with van der Waals surface area (Å²) in [6.07, 6.45) is 0.882. The Morgan fingerprint density at radius 1 is 1.15 bits per heavy atom. The van der Waals surface area contributed by atoms with Crippen molar-refractivity contribution < 1.29 is 4.79 Å². The molecule has 0 radical (unpaired) electrons. The highest BCUT2D eigenvalue weighted by atomic mass is 16.1. The number of hydrazine groups is 1. The van der Waals surface area contributed by atoms with E-state index >= 15 is 0 Å². The van der Waals surface area contributed by atoms with Gasteiger partial charge in [0.15, 0.2) is 0 Å². The number of nitrogens with one attached hydrogen (secondary N) is 2. The van der Waals surface area contributed by atoms with E-state index in [2.05, 4.69) is 17.7 Å². The SMILES string of the molecule is CCc1cccc(C)c1NC(=O)c1ccc(NN)cc1. The minimum Gasteiger partial charge on any atom is -0.324 e. The molecule has 0 saturated carbocycles. The highest BCUT2D eigenvalue weighted by molar-refractivity contribution is 6.05. The van der Waals surface area contributed by atoms with Gasteiger partial charge in [-0.25, -0.2) is 0 Å². The predicted octanol–water partition coefficient (Wildman–Crippen LogP) is 3.10. The molecule has 0 bridgehead atoms. The molecule has 20 heavy (non-hydrogen) atoms. The Balaban J connectivity index is 2.23. The first-order valence-electron chi connectivity index (χ1n) is 6.62. The summed E-state index contributed by atoms with van der Waals surface area (Å²) in [6, 6.07) is 13.1. The molecule has 0 fully saturated rings. The van der Waals surface area contributed by atoms with Gasteiger partial charge in [-0.3, -0.25) is 10.6 Å². The number of benzene rings is 2. The average molecular weight is 269 g/mol. The number of aryl methyl sites for hydroxylation is 2. The summed E-state index contributed by atoms with van der Waals surface area (Å²) in [6.45, 7) is 4.07. The number of amides is 1. The Labute approximate surface area is 119 Å². The van der Waals surface area contributed by atoms with E-state index in [4.69, 9.17) is 5.84 Å². The lowest BCUT2D eigenvalue weighted by Crippen LogP contribution is -2.14. The molecule has 0 heterocycles. The number of anilines is 2. The topological polar surface area (TPSA) is 67.2 Å². The van der Waals surface area contributed by atoms with Crippen LogP contribution in [-0.4, -0.2) is 5.91 Å². The first kappa shape index (κ1) is 14.1. The maximum atomic E-state index is 12.3. The van der Waals surface area contributed by atoms with Gasteiger partial charge >= 0.3 is 0 Å². The molecule has 0 aliphatic carbocycles. The summed E-state index contributed by atoms with van der Waals surface area (Å²) in [7, 11) is 0. The van der Waals surface area contributed by atoms with Gasteiger partial charge in [0, 0.05) is 16.9 Å². The molecule has 4 nitrogen and oxygen atoms in total. The largest absolute Gasteiger partial charge is 0.324 e. The summed E-state index contributed by atoms with van der Waals surface area (Å²) in [4.78, 5) is 12.3. The number of hydrogen-bond donors (Lipinski definition) is 3. The number of hydrogen-bond acceptors (Lipinski definition) is 3. The van der Waals surface area contributed by atoms with Crippen molar-refractivity contribution in [2.75, 3.05) is 10.7 Å². The maximum absolute atomic E-state index is 12.3. The Morgan fingerprint density at radius 3 is 2.45 bits per heavy atom. The molecular formula is C16H19N3O. The fourth-order valence-electron chi connectivity index (χ4n) is 2.11. The second kappa shape index (κ2) is 6.21. The summed E-state index contributed by atoms with van der Waals surface area (Å²) in [5.41, 5.74) is 7.02. The van der Waals surface area contributed by atoms with E-state index in [0.29, 0.717) is 5.56 Å². The van der Waals surface area contributed by atoms with E-state index < -0.39 is 0 Å². The van der Waals surface area contributed by atoms with Crippen molar-refractivity contribution in [2.24, 2.45) is 5.84 Å². The first-order chi connectivity index (χ1) is 9.65. The Kier molecular flexibility index (Phi) is 4.38. The molecule has 0 unspecified atom stereocenters. The van der Waals surface area contributed by atoms with Crippen LogP contribution in [0.15, 0.2) is 42.5 Å². The molecule has 0 aliphatic heterocycles. The molecule has 2 rings (SSSR count). The summed E-state index contributed by atoms with van der Waals surface area (Å²) < 4.78 is 0. The van der Waals surface area contributed by atoms with Gasteiger partial charge in [-0.15, -0.1) is 0 Å². The molecule has 0 aliphatic rings. The van der Waals surface area contributed by atoms with Gasteiger partial charge in [-0.05, 0) is 48.7 Å². The van der Waals surface area contributed by atoms with Crippen molar-refractivity contribution in [3.05, 3.63) is 59.2 Å². The lowest BCUT2D eigenvalue weighted by atomic mass is 10.1. The monoisotopic (exact) mass is 269 g/mol. The molecule has 1 amide bonds. The van der Waals surface area contributed by atoms with Crippen molar-refractivity contribution in [3.8, 4) is 0 Å². The van der Waals surface area contributed by atoms with Crippen LogP contribution in [0.25, 0.3) is 0 Å². The zero-order chi connectivity index (χ0) is 14.5. The van der Waals surface area contributed by atoms with Gasteiger partial charge in [-0.2, -0.15) is 0 Å². The predicted molar refractivity (Wildman–Crippen MR) is 82.8 cm³/mol. The molecule has 4 heteroatoms. The average Bonchev–Trinajstić information content (AvgIpc) is 2.49. The van der Waals surface area contributed by atoms with E-state index in [1.54, 1.807) is 24.3 Å². The van der Waals surface area contributed by atoms with E-state index in [9.17, 15) is 4.79 Å². The Bertz CT molecular complexity index is 606. The van der Waals surface area contributed by atoms with Gasteiger partial charge < -0.3 is 10.7 Å². The number of nitrogen functional groups attached to an aromatic ring is 1. The minimum atomic E-state index is -0.113. The third kappa shape index (κ3) is 2.97. The Hall–Kier alpha value is -2.33. The molecule has 0 spiro atoms. The number of carbonyl (C=O) groups is 1. The third-order valence-corrected chi connectivity index (χ3v) is 3.29. The lowest BCUT2D eigenvalue weighted by molar-refractivity contribution is 0.102. The number of para-hydroxylation sites is 1. The quantitative estimate of drug-likeness (QED) is 0.590. The first-order valence-corrected chi connectivity index (χ1v) is 6.62. The zero-order valence-corrected chi connectivity index (χ0v) is 11.7. The second-order valence-corrected chi connectivity index (χ2v) is 4.64. The van der Waals surface area contributed by atoms with Crippen molar-refractivity contribution >= 4 is 17.3 Å². The smallest absolute Gasteiger partial charge is 0.255 e. The number of carbonyl (C=O) groups excluding carboxylic acids is 1.